The Morgan fingerprint density at radius 3 is 2.84 bits per heavy atom. The summed E-state index contributed by atoms with van der Waals surface area (Å²) in [5.41, 5.74) is 4.82. The lowest BCUT2D eigenvalue weighted by Crippen LogP contribution is -2.25. The Morgan fingerprint density at radius 1 is 1.24 bits per heavy atom. The monoisotopic (exact) mass is 360 g/mol. The highest BCUT2D eigenvalue weighted by Gasteiger charge is 2.14. The summed E-state index contributed by atoms with van der Waals surface area (Å²) in [6.07, 6.45) is 0. The molecule has 0 saturated carbocycles. The van der Waals surface area contributed by atoms with Crippen LogP contribution < -0.4 is 19.6 Å². The zero-order valence-electron chi connectivity index (χ0n) is 13.8. The molecule has 1 N–H and O–H groups in total. The fourth-order valence-corrected chi connectivity index (χ4v) is 2.51. The molecule has 1 heterocycles. The first-order valence-corrected chi connectivity index (χ1v) is 8.03. The van der Waals surface area contributed by atoms with Crippen LogP contribution in [-0.2, 0) is 4.79 Å². The van der Waals surface area contributed by atoms with Crippen LogP contribution in [0.5, 0.6) is 17.2 Å². The molecule has 130 valence electrons. The number of rotatable bonds is 5. The smallest absolute Gasteiger partial charge is 0.277 e. The van der Waals surface area contributed by atoms with Crippen molar-refractivity contribution in [2.45, 2.75) is 13.8 Å². The molecule has 0 fully saturated rings. The van der Waals surface area contributed by atoms with E-state index in [2.05, 4.69) is 10.5 Å². The molecule has 2 aromatic carbocycles. The predicted molar refractivity (Wildman–Crippen MR) is 94.6 cm³/mol. The van der Waals surface area contributed by atoms with E-state index < -0.39 is 0 Å². The standard InChI is InChI=1S/C18H17ClN2O4/c1-11-7-14(19)4-6-15(11)23-9-18(22)21-20-12(2)13-3-5-16-17(8-13)25-10-24-16/h3-8H,9-10H2,1-2H3,(H,21,22). The lowest BCUT2D eigenvalue weighted by Gasteiger charge is -2.08. The zero-order valence-corrected chi connectivity index (χ0v) is 14.6. The first-order valence-electron chi connectivity index (χ1n) is 7.65. The molecule has 25 heavy (non-hydrogen) atoms. The Labute approximate surface area is 150 Å². The number of amides is 1. The maximum Gasteiger partial charge on any atom is 0.277 e. The van der Waals surface area contributed by atoms with Gasteiger partial charge in [0.1, 0.15) is 5.75 Å². The molecule has 6 nitrogen and oxygen atoms in total. The number of hydrogen-bond donors (Lipinski definition) is 1. The number of nitrogens with one attached hydrogen (secondary N) is 1. The fourth-order valence-electron chi connectivity index (χ4n) is 2.28. The number of carbonyl (C=O) groups excluding carboxylic acids is 1. The first-order chi connectivity index (χ1) is 12.0. The van der Waals surface area contributed by atoms with Crippen LogP contribution >= 0.6 is 11.6 Å². The number of nitrogens with zero attached hydrogens (tertiary/aromatic N) is 1. The minimum atomic E-state index is -0.352. The second-order valence-electron chi connectivity index (χ2n) is 5.50. The van der Waals surface area contributed by atoms with Gasteiger partial charge < -0.3 is 14.2 Å². The number of halogens is 1. The van der Waals surface area contributed by atoms with Gasteiger partial charge in [-0.25, -0.2) is 5.43 Å². The van der Waals surface area contributed by atoms with E-state index in [-0.39, 0.29) is 19.3 Å². The number of hydrazone groups is 1. The topological polar surface area (TPSA) is 69.2 Å². The van der Waals surface area contributed by atoms with Gasteiger partial charge in [-0.15, -0.1) is 0 Å². The molecule has 1 aliphatic rings. The number of fused-ring (bicyclic) bond motifs is 1. The van der Waals surface area contributed by atoms with E-state index in [9.17, 15) is 4.79 Å². The van der Waals surface area contributed by atoms with E-state index in [1.54, 1.807) is 25.1 Å². The molecule has 1 aliphatic heterocycles. The summed E-state index contributed by atoms with van der Waals surface area (Å²) in [5, 5.41) is 4.71. The molecule has 0 atom stereocenters. The molecule has 7 heteroatoms. The van der Waals surface area contributed by atoms with Crippen molar-refractivity contribution in [2.75, 3.05) is 13.4 Å². The molecule has 0 aromatic heterocycles. The highest BCUT2D eigenvalue weighted by molar-refractivity contribution is 6.30. The second kappa shape index (κ2) is 7.44. The summed E-state index contributed by atoms with van der Waals surface area (Å²) in [7, 11) is 0. The van der Waals surface area contributed by atoms with Crippen molar-refractivity contribution in [1.29, 1.82) is 0 Å². The summed E-state index contributed by atoms with van der Waals surface area (Å²) in [6, 6.07) is 10.7. The molecule has 0 spiro atoms. The van der Waals surface area contributed by atoms with E-state index >= 15 is 0 Å². The quantitative estimate of drug-likeness (QED) is 0.656. The fraction of sp³-hybridized carbons (Fsp3) is 0.222. The number of carbonyl (C=O) groups is 1. The number of aryl methyl sites for hydroxylation is 1. The zero-order chi connectivity index (χ0) is 17.8. The molecule has 3 rings (SSSR count). The Kier molecular flexibility index (Phi) is 5.09. The third kappa shape index (κ3) is 4.22. The largest absolute Gasteiger partial charge is 0.483 e. The highest BCUT2D eigenvalue weighted by atomic mass is 35.5. The lowest BCUT2D eigenvalue weighted by molar-refractivity contribution is -0.123. The average molecular weight is 361 g/mol. The minimum Gasteiger partial charge on any atom is -0.483 e. The summed E-state index contributed by atoms with van der Waals surface area (Å²) < 4.78 is 16.1. The van der Waals surface area contributed by atoms with Crippen LogP contribution in [0.1, 0.15) is 18.1 Å². The molecule has 2 aromatic rings. The van der Waals surface area contributed by atoms with Crippen molar-refractivity contribution in [3.8, 4) is 17.2 Å². The Morgan fingerprint density at radius 2 is 2.04 bits per heavy atom. The van der Waals surface area contributed by atoms with Crippen LogP contribution in [0.25, 0.3) is 0 Å². The second-order valence-corrected chi connectivity index (χ2v) is 5.94. The molecular weight excluding hydrogens is 344 g/mol. The third-order valence-electron chi connectivity index (χ3n) is 3.63. The summed E-state index contributed by atoms with van der Waals surface area (Å²) >= 11 is 5.89. The van der Waals surface area contributed by atoms with Gasteiger partial charge in [-0.05, 0) is 55.8 Å². The minimum absolute atomic E-state index is 0.139. The molecule has 0 unspecified atom stereocenters. The Bertz CT molecular complexity index is 836. The van der Waals surface area contributed by atoms with Crippen molar-refractivity contribution in [1.82, 2.24) is 5.43 Å². The Balaban J connectivity index is 1.56. The van der Waals surface area contributed by atoms with Gasteiger partial charge in [-0.2, -0.15) is 5.10 Å². The maximum absolute atomic E-state index is 11.9. The lowest BCUT2D eigenvalue weighted by atomic mass is 10.1. The van der Waals surface area contributed by atoms with E-state index in [4.69, 9.17) is 25.8 Å². The van der Waals surface area contributed by atoms with Gasteiger partial charge >= 0.3 is 0 Å². The van der Waals surface area contributed by atoms with Crippen LogP contribution in [0.15, 0.2) is 41.5 Å². The van der Waals surface area contributed by atoms with Gasteiger partial charge in [0.2, 0.25) is 6.79 Å². The highest BCUT2D eigenvalue weighted by Crippen LogP contribution is 2.32. The molecule has 0 saturated heterocycles. The summed E-state index contributed by atoms with van der Waals surface area (Å²) in [5.74, 6) is 1.62. The van der Waals surface area contributed by atoms with E-state index in [0.29, 0.717) is 28.0 Å². The molecule has 0 bridgehead atoms. The third-order valence-corrected chi connectivity index (χ3v) is 3.87. The van der Waals surface area contributed by atoms with Crippen molar-refractivity contribution >= 4 is 23.2 Å². The van der Waals surface area contributed by atoms with Crippen LogP contribution in [0, 0.1) is 6.92 Å². The van der Waals surface area contributed by atoms with Crippen LogP contribution in [-0.4, -0.2) is 25.0 Å². The van der Waals surface area contributed by atoms with Crippen molar-refractivity contribution < 1.29 is 19.0 Å². The van der Waals surface area contributed by atoms with Gasteiger partial charge in [0, 0.05) is 10.6 Å². The maximum atomic E-state index is 11.9. The first kappa shape index (κ1) is 17.1. The van der Waals surface area contributed by atoms with Gasteiger partial charge in [0.05, 0.1) is 5.71 Å². The van der Waals surface area contributed by atoms with Crippen LogP contribution in [0.2, 0.25) is 5.02 Å². The SMILES string of the molecule is CC(=NNC(=O)COc1ccc(Cl)cc1C)c1ccc2c(c1)OCO2. The van der Waals surface area contributed by atoms with Gasteiger partial charge in [-0.3, -0.25) is 4.79 Å². The van der Waals surface area contributed by atoms with E-state index in [1.165, 1.54) is 0 Å². The molecule has 1 amide bonds. The average Bonchev–Trinajstić information content (AvgIpc) is 3.06. The molecular formula is C18H17ClN2O4. The predicted octanol–water partition coefficient (Wildman–Crippen LogP) is 3.30. The normalized spacial score (nSPS) is 12.8. The van der Waals surface area contributed by atoms with Crippen LogP contribution in [0.3, 0.4) is 0 Å². The van der Waals surface area contributed by atoms with Crippen molar-refractivity contribution in [3.63, 3.8) is 0 Å². The van der Waals surface area contributed by atoms with Crippen molar-refractivity contribution in [2.24, 2.45) is 5.10 Å². The Hall–Kier alpha value is -2.73. The molecule has 0 aliphatic carbocycles. The van der Waals surface area contributed by atoms with Crippen molar-refractivity contribution in [3.05, 3.63) is 52.5 Å². The summed E-state index contributed by atoms with van der Waals surface area (Å²) in [4.78, 5) is 11.9. The number of benzene rings is 2. The summed E-state index contributed by atoms with van der Waals surface area (Å²) in [6.45, 7) is 3.73. The van der Waals surface area contributed by atoms with Gasteiger partial charge in [0.25, 0.3) is 5.91 Å². The number of hydrogen-bond acceptors (Lipinski definition) is 5. The van der Waals surface area contributed by atoms with E-state index in [0.717, 1.165) is 11.1 Å². The van der Waals surface area contributed by atoms with Gasteiger partial charge in [-0.1, -0.05) is 11.6 Å². The number of ether oxygens (including phenoxy) is 3. The molecule has 0 radical (unpaired) electrons. The van der Waals surface area contributed by atoms with Gasteiger partial charge in [0.15, 0.2) is 18.1 Å². The van der Waals surface area contributed by atoms with E-state index in [1.807, 2.05) is 25.1 Å². The van der Waals surface area contributed by atoms with Crippen LogP contribution in [0.4, 0.5) is 0 Å².